The number of amides is 1. The third kappa shape index (κ3) is 4.21. The van der Waals surface area contributed by atoms with Gasteiger partial charge >= 0.3 is 0 Å². The molecule has 0 aliphatic rings. The number of nitrogens with one attached hydrogen (secondary N) is 1. The van der Waals surface area contributed by atoms with E-state index in [1.807, 2.05) is 13.0 Å². The molecular formula is C16H16FNO3. The van der Waals surface area contributed by atoms with Crippen LogP contribution in [0.3, 0.4) is 0 Å². The van der Waals surface area contributed by atoms with Crippen LogP contribution in [0.1, 0.15) is 5.56 Å². The molecular weight excluding hydrogens is 273 g/mol. The molecule has 0 bridgehead atoms. The summed E-state index contributed by atoms with van der Waals surface area (Å²) in [6.45, 7) is 1.71. The van der Waals surface area contributed by atoms with E-state index in [4.69, 9.17) is 9.47 Å². The summed E-state index contributed by atoms with van der Waals surface area (Å²) >= 11 is 0. The summed E-state index contributed by atoms with van der Waals surface area (Å²) in [4.78, 5) is 11.9. The quantitative estimate of drug-likeness (QED) is 0.919. The molecule has 2 aromatic rings. The molecule has 0 aromatic heterocycles. The lowest BCUT2D eigenvalue weighted by Gasteiger charge is -2.11. The van der Waals surface area contributed by atoms with Crippen molar-refractivity contribution in [2.75, 3.05) is 19.0 Å². The zero-order valence-corrected chi connectivity index (χ0v) is 11.9. The number of carbonyl (C=O) groups excluding carboxylic acids is 1. The topological polar surface area (TPSA) is 47.6 Å². The van der Waals surface area contributed by atoms with Gasteiger partial charge in [0.05, 0.1) is 12.8 Å². The fourth-order valence-electron chi connectivity index (χ4n) is 1.81. The monoisotopic (exact) mass is 289 g/mol. The van der Waals surface area contributed by atoms with E-state index in [1.54, 1.807) is 18.2 Å². The van der Waals surface area contributed by atoms with Gasteiger partial charge in [0.15, 0.2) is 6.61 Å². The molecule has 0 saturated carbocycles. The van der Waals surface area contributed by atoms with Gasteiger partial charge in [-0.05, 0) is 36.8 Å². The molecule has 0 unspecified atom stereocenters. The van der Waals surface area contributed by atoms with Gasteiger partial charge in [-0.15, -0.1) is 0 Å². The molecule has 0 spiro atoms. The largest absolute Gasteiger partial charge is 0.495 e. The Bertz CT molecular complexity index is 643. The highest BCUT2D eigenvalue weighted by molar-refractivity contribution is 5.93. The number of hydrogen-bond donors (Lipinski definition) is 1. The van der Waals surface area contributed by atoms with E-state index < -0.39 is 5.82 Å². The second kappa shape index (κ2) is 6.74. The summed E-state index contributed by atoms with van der Waals surface area (Å²) in [7, 11) is 1.53. The fourth-order valence-corrected chi connectivity index (χ4v) is 1.81. The van der Waals surface area contributed by atoms with Crippen LogP contribution in [0.15, 0.2) is 42.5 Å². The van der Waals surface area contributed by atoms with Crippen molar-refractivity contribution >= 4 is 11.6 Å². The van der Waals surface area contributed by atoms with Crippen molar-refractivity contribution in [3.8, 4) is 11.5 Å². The van der Waals surface area contributed by atoms with Crippen LogP contribution in [0.5, 0.6) is 11.5 Å². The van der Waals surface area contributed by atoms with E-state index in [1.165, 1.54) is 25.3 Å². The molecule has 0 atom stereocenters. The third-order valence-electron chi connectivity index (χ3n) is 2.80. The number of methoxy groups -OCH3 is 1. The first-order chi connectivity index (χ1) is 10.1. The summed E-state index contributed by atoms with van der Waals surface area (Å²) < 4.78 is 23.4. The van der Waals surface area contributed by atoms with E-state index in [0.717, 1.165) is 5.56 Å². The molecule has 2 aromatic carbocycles. The SMILES string of the molecule is COc1ccc(C)cc1NC(=O)COc1cccc(F)c1. The minimum absolute atomic E-state index is 0.208. The Morgan fingerprint density at radius 1 is 1.24 bits per heavy atom. The molecule has 1 N–H and O–H groups in total. The maximum Gasteiger partial charge on any atom is 0.262 e. The summed E-state index contributed by atoms with van der Waals surface area (Å²) in [6.07, 6.45) is 0. The van der Waals surface area contributed by atoms with E-state index in [9.17, 15) is 9.18 Å². The summed E-state index contributed by atoms with van der Waals surface area (Å²) in [5, 5.41) is 2.70. The van der Waals surface area contributed by atoms with Gasteiger partial charge in [0.2, 0.25) is 0 Å². The highest BCUT2D eigenvalue weighted by Gasteiger charge is 2.08. The van der Waals surface area contributed by atoms with Crippen LogP contribution < -0.4 is 14.8 Å². The van der Waals surface area contributed by atoms with E-state index in [2.05, 4.69) is 5.32 Å². The molecule has 5 heteroatoms. The Morgan fingerprint density at radius 3 is 2.76 bits per heavy atom. The number of hydrogen-bond acceptors (Lipinski definition) is 3. The number of anilines is 1. The van der Waals surface area contributed by atoms with Gasteiger partial charge in [0.1, 0.15) is 17.3 Å². The Hall–Kier alpha value is -2.56. The van der Waals surface area contributed by atoms with Gasteiger partial charge in [-0.1, -0.05) is 12.1 Å². The van der Waals surface area contributed by atoms with Crippen molar-refractivity contribution in [1.82, 2.24) is 0 Å². The molecule has 0 aliphatic heterocycles. The van der Waals surface area contributed by atoms with Gasteiger partial charge in [0.25, 0.3) is 5.91 Å². The smallest absolute Gasteiger partial charge is 0.262 e. The Kier molecular flexibility index (Phi) is 4.77. The summed E-state index contributed by atoms with van der Waals surface area (Å²) in [5.41, 5.74) is 1.57. The highest BCUT2D eigenvalue weighted by Crippen LogP contribution is 2.25. The number of carbonyl (C=O) groups is 1. The minimum atomic E-state index is -0.409. The molecule has 1 amide bonds. The van der Waals surface area contributed by atoms with Crippen molar-refractivity contribution in [3.05, 3.63) is 53.8 Å². The zero-order valence-electron chi connectivity index (χ0n) is 11.9. The minimum Gasteiger partial charge on any atom is -0.495 e. The summed E-state index contributed by atoms with van der Waals surface area (Å²) in [6, 6.07) is 11.1. The second-order valence-corrected chi connectivity index (χ2v) is 4.50. The first-order valence-electron chi connectivity index (χ1n) is 6.41. The number of aryl methyl sites for hydroxylation is 1. The first kappa shape index (κ1) is 14.8. The van der Waals surface area contributed by atoms with Crippen LogP contribution in [0.25, 0.3) is 0 Å². The second-order valence-electron chi connectivity index (χ2n) is 4.50. The molecule has 4 nitrogen and oxygen atoms in total. The van der Waals surface area contributed by atoms with Crippen molar-refractivity contribution in [3.63, 3.8) is 0 Å². The number of benzene rings is 2. The highest BCUT2D eigenvalue weighted by atomic mass is 19.1. The van der Waals surface area contributed by atoms with Gasteiger partial charge in [0, 0.05) is 6.07 Å². The predicted molar refractivity (Wildman–Crippen MR) is 78.3 cm³/mol. The number of halogens is 1. The molecule has 0 fully saturated rings. The fraction of sp³-hybridized carbons (Fsp3) is 0.188. The van der Waals surface area contributed by atoms with Gasteiger partial charge in [-0.2, -0.15) is 0 Å². The van der Waals surface area contributed by atoms with Gasteiger partial charge < -0.3 is 14.8 Å². The predicted octanol–water partition coefficient (Wildman–Crippen LogP) is 3.16. The molecule has 21 heavy (non-hydrogen) atoms. The normalized spacial score (nSPS) is 10.0. The summed E-state index contributed by atoms with van der Waals surface area (Å²) in [5.74, 6) is 0.123. The van der Waals surface area contributed by atoms with Crippen LogP contribution in [0.4, 0.5) is 10.1 Å². The lowest BCUT2D eigenvalue weighted by atomic mass is 10.2. The molecule has 0 heterocycles. The first-order valence-corrected chi connectivity index (χ1v) is 6.41. The Balaban J connectivity index is 1.97. The average molecular weight is 289 g/mol. The van der Waals surface area contributed by atoms with E-state index in [-0.39, 0.29) is 12.5 Å². The van der Waals surface area contributed by atoms with Gasteiger partial charge in [-0.3, -0.25) is 4.79 Å². The lowest BCUT2D eigenvalue weighted by Crippen LogP contribution is -2.20. The Labute approximate surface area is 122 Å². The van der Waals surface area contributed by atoms with Crippen molar-refractivity contribution in [2.24, 2.45) is 0 Å². The lowest BCUT2D eigenvalue weighted by molar-refractivity contribution is -0.118. The molecule has 0 aliphatic carbocycles. The maximum absolute atomic E-state index is 13.0. The van der Waals surface area contributed by atoms with Crippen molar-refractivity contribution in [1.29, 1.82) is 0 Å². The maximum atomic E-state index is 13.0. The zero-order chi connectivity index (χ0) is 15.2. The Morgan fingerprint density at radius 2 is 2.05 bits per heavy atom. The van der Waals surface area contributed by atoms with Crippen LogP contribution in [-0.2, 0) is 4.79 Å². The van der Waals surface area contributed by atoms with Crippen LogP contribution in [0, 0.1) is 12.7 Å². The number of rotatable bonds is 5. The van der Waals surface area contributed by atoms with Crippen LogP contribution >= 0.6 is 0 Å². The van der Waals surface area contributed by atoms with Gasteiger partial charge in [-0.25, -0.2) is 4.39 Å². The van der Waals surface area contributed by atoms with Crippen LogP contribution in [-0.4, -0.2) is 19.6 Å². The standard InChI is InChI=1S/C16H16FNO3/c1-11-6-7-15(20-2)14(8-11)18-16(19)10-21-13-5-3-4-12(17)9-13/h3-9H,10H2,1-2H3,(H,18,19). The van der Waals surface area contributed by atoms with Crippen molar-refractivity contribution < 1.29 is 18.7 Å². The van der Waals surface area contributed by atoms with E-state index in [0.29, 0.717) is 17.2 Å². The molecule has 2 rings (SSSR count). The van der Waals surface area contributed by atoms with Crippen LogP contribution in [0.2, 0.25) is 0 Å². The molecule has 0 saturated heterocycles. The number of ether oxygens (including phenoxy) is 2. The third-order valence-corrected chi connectivity index (χ3v) is 2.80. The van der Waals surface area contributed by atoms with E-state index >= 15 is 0 Å². The van der Waals surface area contributed by atoms with Crippen molar-refractivity contribution in [2.45, 2.75) is 6.92 Å². The molecule has 110 valence electrons. The average Bonchev–Trinajstić information content (AvgIpc) is 2.45. The molecule has 0 radical (unpaired) electrons.